The molecule has 0 atom stereocenters. The first kappa shape index (κ1) is 13.9. The van der Waals surface area contributed by atoms with Gasteiger partial charge in [0.1, 0.15) is 4.88 Å². The molecule has 0 spiro atoms. The van der Waals surface area contributed by atoms with Crippen LogP contribution in [0.2, 0.25) is 0 Å². The number of amides is 1. The van der Waals surface area contributed by atoms with Crippen molar-refractivity contribution in [3.05, 3.63) is 10.6 Å². The average molecular weight is 277 g/mol. The summed E-state index contributed by atoms with van der Waals surface area (Å²) in [7, 11) is -0.0763. The third kappa shape index (κ3) is 3.40. The van der Waals surface area contributed by atoms with E-state index in [1.54, 1.807) is 21.0 Å². The highest BCUT2D eigenvalue weighted by molar-refractivity contribution is 7.92. The van der Waals surface area contributed by atoms with E-state index in [1.807, 2.05) is 0 Å². The molecule has 0 saturated carbocycles. The van der Waals surface area contributed by atoms with E-state index in [4.69, 9.17) is 0 Å². The van der Waals surface area contributed by atoms with E-state index in [1.165, 1.54) is 11.8 Å². The molecule has 1 aromatic rings. The number of hydrogen-bond acceptors (Lipinski definition) is 5. The van der Waals surface area contributed by atoms with E-state index < -0.39 is 10.0 Å². The Kier molecular flexibility index (Phi) is 4.10. The van der Waals surface area contributed by atoms with E-state index in [0.717, 1.165) is 11.3 Å². The zero-order chi connectivity index (χ0) is 13.2. The fourth-order valence-electron chi connectivity index (χ4n) is 1.05. The Labute approximate surface area is 105 Å². The third-order valence-electron chi connectivity index (χ3n) is 2.02. The average Bonchev–Trinajstić information content (AvgIpc) is 2.57. The van der Waals surface area contributed by atoms with E-state index in [9.17, 15) is 13.2 Å². The minimum atomic E-state index is -3.35. The quantitative estimate of drug-likeness (QED) is 0.887. The van der Waals surface area contributed by atoms with Gasteiger partial charge in [0.25, 0.3) is 5.91 Å². The molecule has 1 heterocycles. The second-order valence-corrected chi connectivity index (χ2v) is 6.65. The van der Waals surface area contributed by atoms with Gasteiger partial charge in [0, 0.05) is 14.1 Å². The Balaban J connectivity index is 3.01. The van der Waals surface area contributed by atoms with Gasteiger partial charge in [-0.25, -0.2) is 13.4 Å². The second-order valence-electron chi connectivity index (χ2n) is 3.64. The Morgan fingerprint density at radius 2 is 2.06 bits per heavy atom. The Hall–Kier alpha value is -1.15. The van der Waals surface area contributed by atoms with Gasteiger partial charge in [-0.3, -0.25) is 9.52 Å². The van der Waals surface area contributed by atoms with Crippen LogP contribution in [0, 0.1) is 6.92 Å². The molecule has 0 bridgehead atoms. The van der Waals surface area contributed by atoms with Crippen LogP contribution in [0.25, 0.3) is 0 Å². The van der Waals surface area contributed by atoms with E-state index in [2.05, 4.69) is 9.71 Å². The summed E-state index contributed by atoms with van der Waals surface area (Å²) in [6, 6.07) is 0. The molecule has 0 aliphatic heterocycles. The number of carbonyl (C=O) groups is 1. The SMILES string of the molecule is CCS(=O)(=O)Nc1nc(C)c(C(=O)N(C)C)s1. The van der Waals surface area contributed by atoms with Crippen LogP contribution in [-0.4, -0.2) is 44.1 Å². The summed E-state index contributed by atoms with van der Waals surface area (Å²) >= 11 is 1.05. The molecule has 1 aromatic heterocycles. The number of anilines is 1. The molecule has 0 aliphatic rings. The van der Waals surface area contributed by atoms with Gasteiger partial charge in [-0.1, -0.05) is 11.3 Å². The zero-order valence-corrected chi connectivity index (χ0v) is 11.8. The lowest BCUT2D eigenvalue weighted by Gasteiger charge is -2.07. The highest BCUT2D eigenvalue weighted by atomic mass is 32.2. The molecule has 0 radical (unpaired) electrons. The molecule has 1 amide bonds. The predicted octanol–water partition coefficient (Wildman–Crippen LogP) is 0.915. The highest BCUT2D eigenvalue weighted by Crippen LogP contribution is 2.24. The molecule has 17 heavy (non-hydrogen) atoms. The van der Waals surface area contributed by atoms with Gasteiger partial charge < -0.3 is 4.90 Å². The summed E-state index contributed by atoms with van der Waals surface area (Å²) in [6.07, 6.45) is 0. The van der Waals surface area contributed by atoms with Crippen LogP contribution in [0.4, 0.5) is 5.13 Å². The third-order valence-corrected chi connectivity index (χ3v) is 4.47. The number of thiazole rings is 1. The first-order valence-corrected chi connectivity index (χ1v) is 7.43. The van der Waals surface area contributed by atoms with Crippen molar-refractivity contribution in [1.29, 1.82) is 0 Å². The molecule has 6 nitrogen and oxygen atoms in total. The Morgan fingerprint density at radius 1 is 1.47 bits per heavy atom. The maximum atomic E-state index is 11.7. The molecule has 0 saturated heterocycles. The topological polar surface area (TPSA) is 79.4 Å². The number of rotatable bonds is 4. The normalized spacial score (nSPS) is 11.3. The molecule has 1 rings (SSSR count). The van der Waals surface area contributed by atoms with Gasteiger partial charge in [0.15, 0.2) is 5.13 Å². The van der Waals surface area contributed by atoms with Crippen LogP contribution in [-0.2, 0) is 10.0 Å². The number of nitrogens with one attached hydrogen (secondary N) is 1. The van der Waals surface area contributed by atoms with E-state index in [0.29, 0.717) is 10.6 Å². The molecule has 0 fully saturated rings. The van der Waals surface area contributed by atoms with Gasteiger partial charge in [-0.15, -0.1) is 0 Å². The van der Waals surface area contributed by atoms with Crippen LogP contribution >= 0.6 is 11.3 Å². The van der Waals surface area contributed by atoms with Crippen LogP contribution in [0.15, 0.2) is 0 Å². The second kappa shape index (κ2) is 5.01. The number of hydrogen-bond donors (Lipinski definition) is 1. The summed E-state index contributed by atoms with van der Waals surface area (Å²) in [5.74, 6) is -0.204. The fourth-order valence-corrected chi connectivity index (χ4v) is 2.89. The molecular formula is C9H15N3O3S2. The minimum Gasteiger partial charge on any atom is -0.344 e. The van der Waals surface area contributed by atoms with Crippen LogP contribution in [0.1, 0.15) is 22.3 Å². The van der Waals surface area contributed by atoms with Gasteiger partial charge in [0.05, 0.1) is 11.4 Å². The first-order chi connectivity index (χ1) is 7.76. The fraction of sp³-hybridized carbons (Fsp3) is 0.556. The minimum absolute atomic E-state index is 0.0252. The van der Waals surface area contributed by atoms with Gasteiger partial charge in [-0.2, -0.15) is 0 Å². The largest absolute Gasteiger partial charge is 0.344 e. The zero-order valence-electron chi connectivity index (χ0n) is 10.1. The van der Waals surface area contributed by atoms with Crippen molar-refractivity contribution in [2.75, 3.05) is 24.6 Å². The van der Waals surface area contributed by atoms with Gasteiger partial charge in [0.2, 0.25) is 10.0 Å². The first-order valence-electron chi connectivity index (χ1n) is 4.96. The summed E-state index contributed by atoms with van der Waals surface area (Å²) < 4.78 is 25.0. The number of sulfonamides is 1. The van der Waals surface area contributed by atoms with Crippen molar-refractivity contribution in [1.82, 2.24) is 9.88 Å². The summed E-state index contributed by atoms with van der Waals surface area (Å²) in [5, 5.41) is 0.231. The molecule has 96 valence electrons. The van der Waals surface area contributed by atoms with E-state index >= 15 is 0 Å². The monoisotopic (exact) mass is 277 g/mol. The Morgan fingerprint density at radius 3 is 2.53 bits per heavy atom. The molecule has 8 heteroatoms. The van der Waals surface area contributed by atoms with Gasteiger partial charge >= 0.3 is 0 Å². The predicted molar refractivity (Wildman–Crippen MR) is 68.0 cm³/mol. The number of aromatic nitrogens is 1. The van der Waals surface area contributed by atoms with Crippen molar-refractivity contribution >= 4 is 32.4 Å². The van der Waals surface area contributed by atoms with Crippen molar-refractivity contribution in [3.8, 4) is 0 Å². The summed E-state index contributed by atoms with van der Waals surface area (Å²) in [4.78, 5) is 17.6. The van der Waals surface area contributed by atoms with Crippen LogP contribution in [0.3, 0.4) is 0 Å². The van der Waals surface area contributed by atoms with Crippen molar-refractivity contribution < 1.29 is 13.2 Å². The maximum absolute atomic E-state index is 11.7. The summed E-state index contributed by atoms with van der Waals surface area (Å²) in [6.45, 7) is 3.21. The van der Waals surface area contributed by atoms with Crippen molar-refractivity contribution in [2.45, 2.75) is 13.8 Å². The van der Waals surface area contributed by atoms with Gasteiger partial charge in [-0.05, 0) is 13.8 Å². The number of aryl methyl sites for hydroxylation is 1. The lowest BCUT2D eigenvalue weighted by atomic mass is 10.3. The van der Waals surface area contributed by atoms with Crippen LogP contribution in [0.5, 0.6) is 0 Å². The maximum Gasteiger partial charge on any atom is 0.265 e. The molecule has 1 N–H and O–H groups in total. The van der Waals surface area contributed by atoms with Crippen molar-refractivity contribution in [2.24, 2.45) is 0 Å². The smallest absolute Gasteiger partial charge is 0.265 e. The molecule has 0 aromatic carbocycles. The Bertz CT molecular complexity index is 520. The van der Waals surface area contributed by atoms with Crippen LogP contribution < -0.4 is 4.72 Å². The lowest BCUT2D eigenvalue weighted by molar-refractivity contribution is 0.0831. The van der Waals surface area contributed by atoms with E-state index in [-0.39, 0.29) is 16.8 Å². The molecule has 0 unspecified atom stereocenters. The standard InChI is InChI=1S/C9H15N3O3S2/c1-5-17(14,15)11-9-10-6(2)7(16-9)8(13)12(3)4/h5H2,1-4H3,(H,10,11). The molecular weight excluding hydrogens is 262 g/mol. The number of nitrogens with zero attached hydrogens (tertiary/aromatic N) is 2. The number of carbonyl (C=O) groups excluding carboxylic acids is 1. The highest BCUT2D eigenvalue weighted by Gasteiger charge is 2.18. The lowest BCUT2D eigenvalue weighted by Crippen LogP contribution is -2.21. The molecule has 0 aliphatic carbocycles. The van der Waals surface area contributed by atoms with Crippen molar-refractivity contribution in [3.63, 3.8) is 0 Å². The summed E-state index contributed by atoms with van der Waals surface area (Å²) in [5.41, 5.74) is 0.530.